The Hall–Kier alpha value is -2.03. The van der Waals surface area contributed by atoms with Gasteiger partial charge in [-0.1, -0.05) is 17.7 Å². The fourth-order valence-electron chi connectivity index (χ4n) is 1.65. The van der Waals surface area contributed by atoms with E-state index in [9.17, 15) is 0 Å². The monoisotopic (exact) mass is 242 g/mol. The predicted octanol–water partition coefficient (Wildman–Crippen LogP) is 3.19. The molecule has 0 radical (unpaired) electrons. The van der Waals surface area contributed by atoms with Gasteiger partial charge in [-0.3, -0.25) is 4.98 Å². The van der Waals surface area contributed by atoms with Gasteiger partial charge >= 0.3 is 0 Å². The number of rotatable bonds is 5. The zero-order valence-corrected chi connectivity index (χ0v) is 10.8. The Labute approximate surface area is 108 Å². The second kappa shape index (κ2) is 6.05. The molecule has 1 aromatic heterocycles. The zero-order valence-electron chi connectivity index (χ0n) is 10.8. The molecule has 1 heterocycles. The molecule has 3 nitrogen and oxygen atoms in total. The van der Waals surface area contributed by atoms with Crippen molar-refractivity contribution >= 4 is 5.69 Å². The number of nitrogens with one attached hydrogen (secondary N) is 1. The number of hydrogen-bond donors (Lipinski definition) is 1. The van der Waals surface area contributed by atoms with Crippen LogP contribution in [-0.4, -0.2) is 18.1 Å². The third kappa shape index (κ3) is 3.48. The lowest BCUT2D eigenvalue weighted by Gasteiger charge is -2.10. The molecule has 1 N–H and O–H groups in total. The molecule has 0 aliphatic heterocycles. The fraction of sp³-hybridized carbons (Fsp3) is 0.267. The largest absolute Gasteiger partial charge is 0.490 e. The highest BCUT2D eigenvalue weighted by atomic mass is 16.5. The molecule has 18 heavy (non-hydrogen) atoms. The van der Waals surface area contributed by atoms with Gasteiger partial charge in [0.15, 0.2) is 0 Å². The van der Waals surface area contributed by atoms with Crippen LogP contribution in [0.15, 0.2) is 42.6 Å². The van der Waals surface area contributed by atoms with Crippen molar-refractivity contribution < 1.29 is 4.74 Å². The first-order valence-electron chi connectivity index (χ1n) is 6.10. The van der Waals surface area contributed by atoms with Gasteiger partial charge in [0.1, 0.15) is 12.4 Å². The van der Waals surface area contributed by atoms with Crippen molar-refractivity contribution in [3.05, 3.63) is 53.9 Å². The van der Waals surface area contributed by atoms with Crippen LogP contribution in [0.3, 0.4) is 0 Å². The average Bonchev–Trinajstić information content (AvgIpc) is 2.39. The van der Waals surface area contributed by atoms with Crippen LogP contribution in [0.25, 0.3) is 0 Å². The summed E-state index contributed by atoms with van der Waals surface area (Å²) in [5.74, 6) is 0.850. The third-order valence-electron chi connectivity index (χ3n) is 2.70. The van der Waals surface area contributed by atoms with Gasteiger partial charge in [-0.05, 0) is 38.1 Å². The maximum absolute atomic E-state index is 5.66. The predicted molar refractivity (Wildman–Crippen MR) is 74.1 cm³/mol. The molecular weight excluding hydrogens is 224 g/mol. The van der Waals surface area contributed by atoms with E-state index in [1.54, 1.807) is 6.20 Å². The number of aromatic nitrogens is 1. The van der Waals surface area contributed by atoms with Crippen molar-refractivity contribution in [2.45, 2.75) is 13.8 Å². The van der Waals surface area contributed by atoms with E-state index in [-0.39, 0.29) is 0 Å². The first-order chi connectivity index (χ1) is 8.75. The third-order valence-corrected chi connectivity index (χ3v) is 2.70. The average molecular weight is 242 g/mol. The van der Waals surface area contributed by atoms with E-state index in [1.165, 1.54) is 5.56 Å². The molecule has 0 unspecified atom stereocenters. The minimum atomic E-state index is 0.625. The quantitative estimate of drug-likeness (QED) is 0.818. The number of pyridine rings is 1. The highest BCUT2D eigenvalue weighted by Gasteiger charge is 1.98. The van der Waals surface area contributed by atoms with Crippen LogP contribution >= 0.6 is 0 Å². The first kappa shape index (κ1) is 12.4. The van der Waals surface area contributed by atoms with Crippen LogP contribution in [0.5, 0.6) is 5.75 Å². The molecule has 0 atom stereocenters. The number of benzene rings is 1. The summed E-state index contributed by atoms with van der Waals surface area (Å²) in [7, 11) is 0. The van der Waals surface area contributed by atoms with Gasteiger partial charge in [-0.2, -0.15) is 0 Å². The van der Waals surface area contributed by atoms with E-state index in [0.29, 0.717) is 6.61 Å². The molecule has 0 spiro atoms. The Balaban J connectivity index is 1.76. The number of aryl methyl sites for hydroxylation is 2. The van der Waals surface area contributed by atoms with Crippen LogP contribution < -0.4 is 10.1 Å². The lowest BCUT2D eigenvalue weighted by atomic mass is 10.2. The smallest absolute Gasteiger partial charge is 0.140 e. The van der Waals surface area contributed by atoms with Gasteiger partial charge in [0.2, 0.25) is 0 Å². The van der Waals surface area contributed by atoms with Crippen molar-refractivity contribution in [1.29, 1.82) is 0 Å². The topological polar surface area (TPSA) is 34.1 Å². The van der Waals surface area contributed by atoms with Gasteiger partial charge < -0.3 is 10.1 Å². The summed E-state index contributed by atoms with van der Waals surface area (Å²) in [5, 5.41) is 3.32. The minimum Gasteiger partial charge on any atom is -0.490 e. The van der Waals surface area contributed by atoms with Crippen LogP contribution in [-0.2, 0) is 0 Å². The molecule has 0 saturated heterocycles. The lowest BCUT2D eigenvalue weighted by molar-refractivity contribution is 0.329. The summed E-state index contributed by atoms with van der Waals surface area (Å²) >= 11 is 0. The number of ether oxygens (including phenoxy) is 1. The molecule has 0 saturated carbocycles. The van der Waals surface area contributed by atoms with Gasteiger partial charge in [-0.15, -0.1) is 0 Å². The van der Waals surface area contributed by atoms with E-state index in [0.717, 1.165) is 23.7 Å². The van der Waals surface area contributed by atoms with Crippen LogP contribution in [0.1, 0.15) is 11.3 Å². The van der Waals surface area contributed by atoms with Crippen LogP contribution in [0.2, 0.25) is 0 Å². The summed E-state index contributed by atoms with van der Waals surface area (Å²) < 4.78 is 5.66. The summed E-state index contributed by atoms with van der Waals surface area (Å²) in [6.07, 6.45) is 1.77. The molecule has 2 aromatic rings. The Morgan fingerprint density at radius 2 is 1.89 bits per heavy atom. The van der Waals surface area contributed by atoms with Gasteiger partial charge in [0.25, 0.3) is 0 Å². The first-order valence-corrected chi connectivity index (χ1v) is 6.10. The highest BCUT2D eigenvalue weighted by molar-refractivity contribution is 5.44. The zero-order chi connectivity index (χ0) is 12.8. The molecule has 0 amide bonds. The molecule has 0 aliphatic rings. The Bertz CT molecular complexity index is 494. The van der Waals surface area contributed by atoms with Crippen molar-refractivity contribution in [3.8, 4) is 5.75 Å². The second-order valence-corrected chi connectivity index (χ2v) is 4.23. The van der Waals surface area contributed by atoms with Gasteiger partial charge in [0.05, 0.1) is 5.69 Å². The number of nitrogens with zero attached hydrogens (tertiary/aromatic N) is 1. The number of hydrogen-bond acceptors (Lipinski definition) is 3. The van der Waals surface area contributed by atoms with E-state index < -0.39 is 0 Å². The fourth-order valence-corrected chi connectivity index (χ4v) is 1.65. The summed E-state index contributed by atoms with van der Waals surface area (Å²) in [5.41, 5.74) is 3.31. The van der Waals surface area contributed by atoms with Crippen LogP contribution in [0, 0.1) is 13.8 Å². The van der Waals surface area contributed by atoms with Gasteiger partial charge in [-0.25, -0.2) is 0 Å². The lowest BCUT2D eigenvalue weighted by Crippen LogP contribution is -2.12. The standard InChI is InChI=1S/C15H18N2O/c1-12-5-7-14(8-6-12)17-10-11-18-15-4-3-9-16-13(15)2/h3-9,17H,10-11H2,1-2H3. The summed E-state index contributed by atoms with van der Waals surface area (Å²) in [4.78, 5) is 4.18. The van der Waals surface area contributed by atoms with E-state index in [2.05, 4.69) is 41.5 Å². The Morgan fingerprint density at radius 1 is 1.11 bits per heavy atom. The second-order valence-electron chi connectivity index (χ2n) is 4.23. The summed E-state index contributed by atoms with van der Waals surface area (Å²) in [6, 6.07) is 12.2. The van der Waals surface area contributed by atoms with Crippen molar-refractivity contribution in [3.63, 3.8) is 0 Å². The molecular formula is C15H18N2O. The van der Waals surface area contributed by atoms with Crippen LogP contribution in [0.4, 0.5) is 5.69 Å². The van der Waals surface area contributed by atoms with E-state index in [4.69, 9.17) is 4.74 Å². The van der Waals surface area contributed by atoms with Crippen molar-refractivity contribution in [2.24, 2.45) is 0 Å². The molecule has 2 rings (SSSR count). The Kier molecular flexibility index (Phi) is 4.18. The molecule has 1 aromatic carbocycles. The Morgan fingerprint density at radius 3 is 2.61 bits per heavy atom. The SMILES string of the molecule is Cc1ccc(NCCOc2cccnc2C)cc1. The normalized spacial score (nSPS) is 10.1. The van der Waals surface area contributed by atoms with Crippen molar-refractivity contribution in [2.75, 3.05) is 18.5 Å². The molecule has 0 bridgehead atoms. The maximum atomic E-state index is 5.66. The molecule has 0 fully saturated rings. The maximum Gasteiger partial charge on any atom is 0.140 e. The van der Waals surface area contributed by atoms with E-state index >= 15 is 0 Å². The molecule has 3 heteroatoms. The van der Waals surface area contributed by atoms with E-state index in [1.807, 2.05) is 19.1 Å². The highest BCUT2D eigenvalue weighted by Crippen LogP contribution is 2.13. The molecule has 94 valence electrons. The number of anilines is 1. The van der Waals surface area contributed by atoms with Crippen molar-refractivity contribution in [1.82, 2.24) is 4.98 Å². The summed E-state index contributed by atoms with van der Waals surface area (Å²) in [6.45, 7) is 5.43. The molecule has 0 aliphatic carbocycles. The van der Waals surface area contributed by atoms with Gasteiger partial charge in [0, 0.05) is 18.4 Å². The minimum absolute atomic E-state index is 0.625.